The maximum Gasteiger partial charge on any atom is 0.313 e. The van der Waals surface area contributed by atoms with Crippen molar-refractivity contribution in [2.45, 2.75) is 45.6 Å². The van der Waals surface area contributed by atoms with Gasteiger partial charge in [0.25, 0.3) is 0 Å². The van der Waals surface area contributed by atoms with Gasteiger partial charge < -0.3 is 4.74 Å². The van der Waals surface area contributed by atoms with Gasteiger partial charge in [-0.05, 0) is 38.0 Å². The lowest BCUT2D eigenvalue weighted by Gasteiger charge is -2.40. The van der Waals surface area contributed by atoms with E-state index in [1.807, 2.05) is 0 Å². The van der Waals surface area contributed by atoms with E-state index < -0.39 is 0 Å². The third-order valence-electron chi connectivity index (χ3n) is 4.87. The topological polar surface area (TPSA) is 26.3 Å². The Morgan fingerprint density at radius 2 is 2.12 bits per heavy atom. The van der Waals surface area contributed by atoms with Gasteiger partial charge in [0.15, 0.2) is 0 Å². The van der Waals surface area contributed by atoms with E-state index in [-0.39, 0.29) is 18.0 Å². The molecule has 1 saturated carbocycles. The normalized spacial score (nSPS) is 46.8. The molecular weight excluding hydrogens is 200 g/mol. The minimum Gasteiger partial charge on any atom is -0.462 e. The fourth-order valence-electron chi connectivity index (χ4n) is 4.09. The van der Waals surface area contributed by atoms with Gasteiger partial charge in [0.1, 0.15) is 6.10 Å². The number of hydrogen-bond donors (Lipinski definition) is 0. The molecule has 3 aliphatic rings. The number of ether oxygens (including phenoxy) is 1. The first-order valence-corrected chi connectivity index (χ1v) is 6.59. The number of cyclic esters (lactones) is 1. The Kier molecular flexibility index (Phi) is 2.34. The van der Waals surface area contributed by atoms with E-state index in [4.69, 9.17) is 4.74 Å². The van der Waals surface area contributed by atoms with Crippen molar-refractivity contribution < 1.29 is 9.53 Å². The van der Waals surface area contributed by atoms with Gasteiger partial charge in [0, 0.05) is 5.92 Å². The summed E-state index contributed by atoms with van der Waals surface area (Å²) in [6.07, 6.45) is 7.55. The smallest absolute Gasteiger partial charge is 0.313 e. The van der Waals surface area contributed by atoms with E-state index in [1.54, 1.807) is 5.57 Å². The molecule has 0 aromatic rings. The molecule has 88 valence electrons. The minimum absolute atomic E-state index is 0.0147. The summed E-state index contributed by atoms with van der Waals surface area (Å²) in [5.74, 6) is 1.85. The highest BCUT2D eigenvalue weighted by Gasteiger charge is 2.49. The second kappa shape index (κ2) is 3.61. The summed E-state index contributed by atoms with van der Waals surface area (Å²) in [6.45, 7) is 4.37. The van der Waals surface area contributed by atoms with Gasteiger partial charge >= 0.3 is 5.97 Å². The Morgan fingerprint density at radius 3 is 2.94 bits per heavy atom. The Labute approximate surface area is 97.1 Å². The summed E-state index contributed by atoms with van der Waals surface area (Å²) in [5, 5.41) is 0. The van der Waals surface area contributed by atoms with Crippen LogP contribution in [0.4, 0.5) is 0 Å². The van der Waals surface area contributed by atoms with Crippen LogP contribution in [0.5, 0.6) is 0 Å². The molecule has 0 spiro atoms. The molecule has 5 atom stereocenters. The fraction of sp³-hybridized carbons (Fsp3) is 0.786. The Morgan fingerprint density at radius 1 is 1.31 bits per heavy atom. The van der Waals surface area contributed by atoms with E-state index in [2.05, 4.69) is 19.9 Å². The molecule has 1 heterocycles. The molecule has 0 amide bonds. The molecule has 1 saturated heterocycles. The number of carbonyl (C=O) groups excluding carboxylic acids is 1. The summed E-state index contributed by atoms with van der Waals surface area (Å²) < 4.78 is 5.40. The zero-order chi connectivity index (χ0) is 11.3. The van der Waals surface area contributed by atoms with Crippen LogP contribution in [0.2, 0.25) is 0 Å². The lowest BCUT2D eigenvalue weighted by molar-refractivity contribution is -0.142. The summed E-state index contributed by atoms with van der Waals surface area (Å²) in [4.78, 5) is 11.8. The van der Waals surface area contributed by atoms with Crippen LogP contribution >= 0.6 is 0 Å². The third-order valence-corrected chi connectivity index (χ3v) is 4.87. The second-order valence-corrected chi connectivity index (χ2v) is 5.70. The average molecular weight is 220 g/mol. The predicted molar refractivity (Wildman–Crippen MR) is 61.7 cm³/mol. The van der Waals surface area contributed by atoms with E-state index in [9.17, 15) is 4.79 Å². The van der Waals surface area contributed by atoms with Crippen LogP contribution in [-0.2, 0) is 9.53 Å². The van der Waals surface area contributed by atoms with Crippen LogP contribution in [0.15, 0.2) is 11.6 Å². The molecule has 2 heteroatoms. The quantitative estimate of drug-likeness (QED) is 0.463. The van der Waals surface area contributed by atoms with Gasteiger partial charge in [-0.25, -0.2) is 0 Å². The first-order valence-electron chi connectivity index (χ1n) is 6.59. The standard InChI is InChI=1S/C14H20O2/c1-8-11-6-4-3-5-10(11)7-12-13(8)9(2)16-14(12)15/h7-9,11-13H,3-6H2,1-2H3/t8?,9-,11?,12-,13-/m1/s1. The van der Waals surface area contributed by atoms with Crippen molar-refractivity contribution >= 4 is 5.97 Å². The fourth-order valence-corrected chi connectivity index (χ4v) is 4.09. The number of allylic oxidation sites excluding steroid dienone is 1. The number of rotatable bonds is 0. The minimum atomic E-state index is 0.0147. The molecule has 0 bridgehead atoms. The first kappa shape index (κ1) is 10.4. The van der Waals surface area contributed by atoms with Crippen LogP contribution in [0.3, 0.4) is 0 Å². The Hall–Kier alpha value is -0.790. The molecular formula is C14H20O2. The van der Waals surface area contributed by atoms with Gasteiger partial charge in [-0.2, -0.15) is 0 Å². The van der Waals surface area contributed by atoms with Crippen LogP contribution in [0.25, 0.3) is 0 Å². The highest BCUT2D eigenvalue weighted by molar-refractivity contribution is 5.78. The molecule has 0 aromatic heterocycles. The van der Waals surface area contributed by atoms with Crippen LogP contribution in [-0.4, -0.2) is 12.1 Å². The van der Waals surface area contributed by atoms with Gasteiger partial charge in [0.05, 0.1) is 5.92 Å². The molecule has 16 heavy (non-hydrogen) atoms. The maximum atomic E-state index is 11.8. The van der Waals surface area contributed by atoms with E-state index in [0.29, 0.717) is 11.8 Å². The Bertz CT molecular complexity index is 345. The maximum absolute atomic E-state index is 11.8. The number of fused-ring (bicyclic) bond motifs is 2. The summed E-state index contributed by atoms with van der Waals surface area (Å²) >= 11 is 0. The van der Waals surface area contributed by atoms with Crippen molar-refractivity contribution in [3.63, 3.8) is 0 Å². The molecule has 0 aromatic carbocycles. The number of esters is 1. The molecule has 1 aliphatic heterocycles. The van der Waals surface area contributed by atoms with Gasteiger partial charge in [0.2, 0.25) is 0 Å². The van der Waals surface area contributed by atoms with Gasteiger partial charge in [-0.3, -0.25) is 4.79 Å². The molecule has 2 unspecified atom stereocenters. The summed E-state index contributed by atoms with van der Waals surface area (Å²) in [5.41, 5.74) is 1.55. The van der Waals surface area contributed by atoms with Crippen molar-refractivity contribution in [3.05, 3.63) is 11.6 Å². The largest absolute Gasteiger partial charge is 0.462 e. The van der Waals surface area contributed by atoms with E-state index >= 15 is 0 Å². The Balaban J connectivity index is 1.97. The number of carbonyl (C=O) groups is 1. The summed E-state index contributed by atoms with van der Waals surface area (Å²) in [7, 11) is 0. The van der Waals surface area contributed by atoms with Gasteiger partial charge in [-0.1, -0.05) is 25.0 Å². The molecule has 0 radical (unpaired) electrons. The third kappa shape index (κ3) is 1.35. The lowest BCUT2D eigenvalue weighted by Crippen LogP contribution is -2.36. The lowest BCUT2D eigenvalue weighted by atomic mass is 9.63. The monoisotopic (exact) mass is 220 g/mol. The molecule has 2 nitrogen and oxygen atoms in total. The SMILES string of the molecule is CC1C2CCCCC2=C[C@H]2C(=O)O[C@H](C)[C@@H]12. The molecule has 3 rings (SSSR count). The zero-order valence-electron chi connectivity index (χ0n) is 10.1. The first-order chi connectivity index (χ1) is 7.68. The van der Waals surface area contributed by atoms with Crippen molar-refractivity contribution in [1.82, 2.24) is 0 Å². The summed E-state index contributed by atoms with van der Waals surface area (Å²) in [6, 6.07) is 0. The van der Waals surface area contributed by atoms with Crippen LogP contribution < -0.4 is 0 Å². The molecule has 2 fully saturated rings. The van der Waals surface area contributed by atoms with Crippen molar-refractivity contribution in [2.75, 3.05) is 0 Å². The second-order valence-electron chi connectivity index (χ2n) is 5.70. The molecule has 0 N–H and O–H groups in total. The van der Waals surface area contributed by atoms with Crippen LogP contribution in [0, 0.1) is 23.7 Å². The van der Waals surface area contributed by atoms with Crippen molar-refractivity contribution in [1.29, 1.82) is 0 Å². The average Bonchev–Trinajstić information content (AvgIpc) is 2.55. The predicted octanol–water partition coefficient (Wildman–Crippen LogP) is 2.93. The highest BCUT2D eigenvalue weighted by atomic mass is 16.6. The van der Waals surface area contributed by atoms with E-state index in [1.165, 1.54) is 25.7 Å². The molecule has 2 aliphatic carbocycles. The van der Waals surface area contributed by atoms with Crippen molar-refractivity contribution in [3.8, 4) is 0 Å². The number of hydrogen-bond acceptors (Lipinski definition) is 2. The zero-order valence-corrected chi connectivity index (χ0v) is 10.1. The van der Waals surface area contributed by atoms with Crippen molar-refractivity contribution in [2.24, 2.45) is 23.7 Å². The van der Waals surface area contributed by atoms with Crippen LogP contribution in [0.1, 0.15) is 39.5 Å². The van der Waals surface area contributed by atoms with E-state index in [0.717, 1.165) is 5.92 Å². The highest BCUT2D eigenvalue weighted by Crippen LogP contribution is 2.49. The van der Waals surface area contributed by atoms with Gasteiger partial charge in [-0.15, -0.1) is 0 Å².